The zero-order chi connectivity index (χ0) is 13.1. The number of carbonyl (C=O) groups is 1. The molecule has 1 aromatic rings. The van der Waals surface area contributed by atoms with Crippen molar-refractivity contribution in [3.8, 4) is 0 Å². The number of carboxylic acid groups (broad SMARTS) is 1. The van der Waals surface area contributed by atoms with Crippen LogP contribution in [0.25, 0.3) is 0 Å². The highest BCUT2D eigenvalue weighted by Gasteiger charge is 2.18. The average Bonchev–Trinajstić information content (AvgIpc) is 2.15. The van der Waals surface area contributed by atoms with Crippen LogP contribution in [0.3, 0.4) is 0 Å². The molecule has 2 N–H and O–H groups in total. The van der Waals surface area contributed by atoms with Gasteiger partial charge in [-0.3, -0.25) is 4.72 Å². The van der Waals surface area contributed by atoms with Crippen molar-refractivity contribution >= 4 is 21.7 Å². The topological polar surface area (TPSA) is 83.5 Å². The fourth-order valence-corrected chi connectivity index (χ4v) is 2.09. The summed E-state index contributed by atoms with van der Waals surface area (Å²) in [6, 6.07) is 3.33. The molecule has 0 aliphatic rings. The van der Waals surface area contributed by atoms with E-state index in [4.69, 9.17) is 5.11 Å². The van der Waals surface area contributed by atoms with E-state index in [-0.39, 0.29) is 11.4 Å². The van der Waals surface area contributed by atoms with Gasteiger partial charge in [-0.25, -0.2) is 17.6 Å². The summed E-state index contributed by atoms with van der Waals surface area (Å²) in [7, 11) is -3.76. The van der Waals surface area contributed by atoms with Crippen molar-refractivity contribution in [3.63, 3.8) is 0 Å². The van der Waals surface area contributed by atoms with Crippen LogP contribution in [0.5, 0.6) is 0 Å². The Balaban J connectivity index is 3.20. The Labute approximate surface area is 97.6 Å². The molecule has 1 rings (SSSR count). The van der Waals surface area contributed by atoms with Gasteiger partial charge in [-0.2, -0.15) is 0 Å². The molecule has 0 heterocycles. The van der Waals surface area contributed by atoms with Crippen molar-refractivity contribution in [1.29, 1.82) is 0 Å². The highest BCUT2D eigenvalue weighted by atomic mass is 32.2. The minimum absolute atomic E-state index is 0.306. The molecular formula is C10H10FNO4S. The van der Waals surface area contributed by atoms with Crippen molar-refractivity contribution < 1.29 is 22.7 Å². The summed E-state index contributed by atoms with van der Waals surface area (Å²) in [5, 5.41) is 8.78. The molecule has 0 spiro atoms. The predicted molar refractivity (Wildman–Crippen MR) is 61.0 cm³/mol. The lowest BCUT2D eigenvalue weighted by Crippen LogP contribution is -2.18. The van der Waals surface area contributed by atoms with Crippen LogP contribution in [0.1, 0.15) is 10.4 Å². The van der Waals surface area contributed by atoms with Crippen LogP contribution in [-0.2, 0) is 10.0 Å². The molecule has 0 saturated heterocycles. The molecule has 0 saturated carbocycles. The van der Waals surface area contributed by atoms with Crippen LogP contribution in [-0.4, -0.2) is 25.2 Å². The molecule has 0 atom stereocenters. The number of anilines is 1. The van der Waals surface area contributed by atoms with E-state index in [1.165, 1.54) is 12.1 Å². The molecule has 0 bridgehead atoms. The Morgan fingerprint density at radius 3 is 2.71 bits per heavy atom. The lowest BCUT2D eigenvalue weighted by molar-refractivity contribution is 0.0693. The van der Waals surface area contributed by atoms with Gasteiger partial charge >= 0.3 is 5.97 Å². The van der Waals surface area contributed by atoms with Gasteiger partial charge in [-0.05, 0) is 12.1 Å². The lowest BCUT2D eigenvalue weighted by atomic mass is 10.2. The molecule has 0 aliphatic heterocycles. The van der Waals surface area contributed by atoms with Gasteiger partial charge in [-0.1, -0.05) is 12.1 Å². The van der Waals surface area contributed by atoms with Gasteiger partial charge < -0.3 is 5.11 Å². The maximum Gasteiger partial charge on any atom is 0.340 e. The number of halogens is 1. The zero-order valence-electron chi connectivity index (χ0n) is 8.68. The molecule has 7 heteroatoms. The van der Waals surface area contributed by atoms with E-state index >= 15 is 0 Å². The molecule has 92 valence electrons. The third-order valence-electron chi connectivity index (χ3n) is 1.83. The second-order valence-corrected chi connectivity index (χ2v) is 4.91. The summed E-state index contributed by atoms with van der Waals surface area (Å²) >= 11 is 0. The monoisotopic (exact) mass is 259 g/mol. The summed E-state index contributed by atoms with van der Waals surface area (Å²) in [6.45, 7) is 3.25. The van der Waals surface area contributed by atoms with Crippen LogP contribution >= 0.6 is 0 Å². The standard InChI is InChI=1S/C10H10FNO4S/c1-2-6-17(15,16)12-8-5-3-4-7(11)9(8)10(13)14/h2-5,12H,1,6H2,(H,13,14). The maximum atomic E-state index is 13.2. The van der Waals surface area contributed by atoms with Crippen LogP contribution in [0.15, 0.2) is 30.9 Å². The van der Waals surface area contributed by atoms with E-state index < -0.39 is 27.4 Å². The van der Waals surface area contributed by atoms with E-state index in [1.54, 1.807) is 0 Å². The first-order valence-electron chi connectivity index (χ1n) is 4.50. The van der Waals surface area contributed by atoms with Crippen LogP contribution in [0.2, 0.25) is 0 Å². The zero-order valence-corrected chi connectivity index (χ0v) is 9.50. The molecule has 5 nitrogen and oxygen atoms in total. The van der Waals surface area contributed by atoms with Crippen LogP contribution in [0.4, 0.5) is 10.1 Å². The summed E-state index contributed by atoms with van der Waals surface area (Å²) < 4.78 is 38.0. The number of hydrogen-bond acceptors (Lipinski definition) is 3. The molecule has 0 radical (unpaired) electrons. The number of benzene rings is 1. The molecule has 17 heavy (non-hydrogen) atoms. The number of aromatic carboxylic acids is 1. The van der Waals surface area contributed by atoms with Gasteiger partial charge in [0.1, 0.15) is 11.4 Å². The fraction of sp³-hybridized carbons (Fsp3) is 0.100. The number of rotatable bonds is 5. The molecule has 0 aliphatic carbocycles. The summed E-state index contributed by atoms with van der Waals surface area (Å²) in [5.74, 6) is -2.93. The quantitative estimate of drug-likeness (QED) is 0.784. The van der Waals surface area contributed by atoms with Crippen molar-refractivity contribution in [2.75, 3.05) is 10.5 Å². The van der Waals surface area contributed by atoms with Gasteiger partial charge in [0.25, 0.3) is 0 Å². The largest absolute Gasteiger partial charge is 0.478 e. The maximum absolute atomic E-state index is 13.2. The van der Waals surface area contributed by atoms with Gasteiger partial charge in [0.15, 0.2) is 0 Å². The third-order valence-corrected chi connectivity index (χ3v) is 3.04. The first-order chi connectivity index (χ1) is 7.87. The summed E-state index contributed by atoms with van der Waals surface area (Å²) in [6.07, 6.45) is 1.14. The summed E-state index contributed by atoms with van der Waals surface area (Å²) in [4.78, 5) is 10.8. The van der Waals surface area contributed by atoms with Crippen molar-refractivity contribution in [2.45, 2.75) is 0 Å². The lowest BCUT2D eigenvalue weighted by Gasteiger charge is -2.09. The molecule has 0 fully saturated rings. The van der Waals surface area contributed by atoms with E-state index in [1.807, 2.05) is 4.72 Å². The van der Waals surface area contributed by atoms with E-state index in [9.17, 15) is 17.6 Å². The molecular weight excluding hydrogens is 249 g/mol. The molecule has 0 aromatic heterocycles. The highest BCUT2D eigenvalue weighted by Crippen LogP contribution is 2.20. The number of hydrogen-bond donors (Lipinski definition) is 2. The fourth-order valence-electron chi connectivity index (χ4n) is 1.19. The second kappa shape index (κ2) is 4.96. The average molecular weight is 259 g/mol. The third kappa shape index (κ3) is 3.28. The first kappa shape index (κ1) is 13.2. The molecule has 0 unspecified atom stereocenters. The van der Waals surface area contributed by atoms with Gasteiger partial charge in [0.2, 0.25) is 10.0 Å². The molecule has 0 amide bonds. The Morgan fingerprint density at radius 1 is 1.53 bits per heavy atom. The van der Waals surface area contributed by atoms with E-state index in [2.05, 4.69) is 6.58 Å². The smallest absolute Gasteiger partial charge is 0.340 e. The second-order valence-electron chi connectivity index (χ2n) is 3.14. The van der Waals surface area contributed by atoms with Crippen LogP contribution < -0.4 is 4.72 Å². The van der Waals surface area contributed by atoms with Crippen molar-refractivity contribution in [1.82, 2.24) is 0 Å². The van der Waals surface area contributed by atoms with E-state index in [0.717, 1.165) is 12.1 Å². The Hall–Kier alpha value is -1.89. The number of carboxylic acids is 1. The first-order valence-corrected chi connectivity index (χ1v) is 6.16. The van der Waals surface area contributed by atoms with Gasteiger partial charge in [0, 0.05) is 0 Å². The summed E-state index contributed by atoms with van der Waals surface area (Å²) in [5.41, 5.74) is -1.01. The Bertz CT molecular complexity index is 553. The van der Waals surface area contributed by atoms with Crippen molar-refractivity contribution in [2.24, 2.45) is 0 Å². The minimum Gasteiger partial charge on any atom is -0.478 e. The Kier molecular flexibility index (Phi) is 3.84. The predicted octanol–water partition coefficient (Wildman–Crippen LogP) is 1.45. The van der Waals surface area contributed by atoms with E-state index in [0.29, 0.717) is 0 Å². The minimum atomic E-state index is -3.76. The number of nitrogens with one attached hydrogen (secondary N) is 1. The highest BCUT2D eigenvalue weighted by molar-refractivity contribution is 7.92. The number of sulfonamides is 1. The van der Waals surface area contributed by atoms with Gasteiger partial charge in [0.05, 0.1) is 11.4 Å². The normalized spacial score (nSPS) is 10.9. The SMILES string of the molecule is C=CCS(=O)(=O)Nc1cccc(F)c1C(=O)O. The van der Waals surface area contributed by atoms with Gasteiger partial charge in [-0.15, -0.1) is 6.58 Å². The van der Waals surface area contributed by atoms with Crippen molar-refractivity contribution in [3.05, 3.63) is 42.2 Å². The Morgan fingerprint density at radius 2 is 2.18 bits per heavy atom. The van der Waals surface area contributed by atoms with Crippen LogP contribution in [0, 0.1) is 5.82 Å². The molecule has 1 aromatic carbocycles.